The fraction of sp³-hybridized carbons (Fsp3) is 0.333. The topological polar surface area (TPSA) is 98.6 Å². The van der Waals surface area contributed by atoms with E-state index in [1.54, 1.807) is 9.58 Å². The molecular formula is C30H31N5O4. The van der Waals surface area contributed by atoms with Crippen LogP contribution in [0.1, 0.15) is 49.3 Å². The molecule has 1 aromatic heterocycles. The highest BCUT2D eigenvalue weighted by molar-refractivity contribution is 5.89. The van der Waals surface area contributed by atoms with Crippen LogP contribution in [-0.2, 0) is 22.7 Å². The van der Waals surface area contributed by atoms with Crippen molar-refractivity contribution in [1.82, 2.24) is 25.2 Å². The molecule has 1 atom stereocenters. The van der Waals surface area contributed by atoms with Gasteiger partial charge in [-0.3, -0.25) is 9.59 Å². The molecule has 1 aliphatic carbocycles. The van der Waals surface area contributed by atoms with Gasteiger partial charge in [-0.1, -0.05) is 73.0 Å². The number of benzene rings is 3. The molecule has 1 N–H and O–H groups in total. The molecule has 39 heavy (non-hydrogen) atoms. The molecule has 4 aromatic rings. The number of rotatable bonds is 8. The Balaban J connectivity index is 1.36. The molecule has 2 amide bonds. The zero-order valence-corrected chi connectivity index (χ0v) is 21.7. The zero-order valence-electron chi connectivity index (χ0n) is 21.7. The summed E-state index contributed by atoms with van der Waals surface area (Å²) in [6.07, 6.45) is 5.29. The van der Waals surface area contributed by atoms with Gasteiger partial charge in [0.1, 0.15) is 18.1 Å². The number of para-hydroxylation sites is 1. The Bertz CT molecular complexity index is 1460. The van der Waals surface area contributed by atoms with Gasteiger partial charge >= 0.3 is 0 Å². The lowest BCUT2D eigenvalue weighted by atomic mass is 9.94. The molecule has 1 aliphatic heterocycles. The quantitative estimate of drug-likeness (QED) is 0.367. The zero-order chi connectivity index (χ0) is 26.6. The molecule has 2 heterocycles. The fourth-order valence-corrected chi connectivity index (χ4v) is 5.45. The van der Waals surface area contributed by atoms with E-state index in [-0.39, 0.29) is 37.7 Å². The number of ether oxygens (including phenoxy) is 2. The molecule has 0 saturated heterocycles. The predicted molar refractivity (Wildman–Crippen MR) is 145 cm³/mol. The van der Waals surface area contributed by atoms with E-state index in [2.05, 4.69) is 15.6 Å². The van der Waals surface area contributed by atoms with Crippen LogP contribution in [0.15, 0.2) is 72.8 Å². The van der Waals surface area contributed by atoms with Crippen LogP contribution < -0.4 is 14.8 Å². The van der Waals surface area contributed by atoms with Crippen LogP contribution in [0.5, 0.6) is 11.5 Å². The molecular weight excluding hydrogens is 494 g/mol. The van der Waals surface area contributed by atoms with E-state index in [0.717, 1.165) is 42.3 Å². The monoisotopic (exact) mass is 525 g/mol. The van der Waals surface area contributed by atoms with E-state index >= 15 is 0 Å². The summed E-state index contributed by atoms with van der Waals surface area (Å²) >= 11 is 0. The summed E-state index contributed by atoms with van der Waals surface area (Å²) in [6, 6.07) is 21.9. The Labute approximate surface area is 226 Å². The Morgan fingerprint density at radius 2 is 1.72 bits per heavy atom. The molecule has 200 valence electrons. The first kappa shape index (κ1) is 24.9. The van der Waals surface area contributed by atoms with E-state index in [0.29, 0.717) is 17.0 Å². The first-order valence-electron chi connectivity index (χ1n) is 13.5. The van der Waals surface area contributed by atoms with E-state index < -0.39 is 6.04 Å². The van der Waals surface area contributed by atoms with Crippen LogP contribution in [0.4, 0.5) is 0 Å². The average Bonchev–Trinajstić information content (AvgIpc) is 3.61. The molecule has 1 fully saturated rings. The van der Waals surface area contributed by atoms with E-state index in [1.807, 2.05) is 72.8 Å². The number of amides is 2. The van der Waals surface area contributed by atoms with Crippen molar-refractivity contribution in [2.75, 3.05) is 6.79 Å². The summed E-state index contributed by atoms with van der Waals surface area (Å²) < 4.78 is 12.6. The van der Waals surface area contributed by atoms with Gasteiger partial charge in [0, 0.05) is 12.6 Å². The number of fused-ring (bicyclic) bond motifs is 2. The van der Waals surface area contributed by atoms with Gasteiger partial charge in [0.05, 0.1) is 5.52 Å². The van der Waals surface area contributed by atoms with Crippen LogP contribution in [0, 0.1) is 0 Å². The third-order valence-corrected chi connectivity index (χ3v) is 7.44. The molecule has 9 heteroatoms. The van der Waals surface area contributed by atoms with Crippen molar-refractivity contribution in [2.24, 2.45) is 0 Å². The Kier molecular flexibility index (Phi) is 7.12. The molecule has 0 spiro atoms. The molecule has 3 aromatic carbocycles. The number of hydrogen-bond donors (Lipinski definition) is 1. The van der Waals surface area contributed by atoms with Crippen molar-refractivity contribution in [2.45, 2.75) is 57.3 Å². The van der Waals surface area contributed by atoms with Gasteiger partial charge in [0.2, 0.25) is 18.6 Å². The molecule has 0 bridgehead atoms. The highest BCUT2D eigenvalue weighted by atomic mass is 16.7. The van der Waals surface area contributed by atoms with E-state index in [1.165, 1.54) is 6.42 Å². The highest BCUT2D eigenvalue weighted by Crippen LogP contribution is 2.34. The van der Waals surface area contributed by atoms with Gasteiger partial charge in [-0.15, -0.1) is 5.10 Å². The van der Waals surface area contributed by atoms with Gasteiger partial charge in [0.15, 0.2) is 11.5 Å². The number of aromatic nitrogens is 3. The third kappa shape index (κ3) is 5.43. The van der Waals surface area contributed by atoms with Crippen LogP contribution >= 0.6 is 0 Å². The fourth-order valence-electron chi connectivity index (χ4n) is 5.45. The Morgan fingerprint density at radius 3 is 2.56 bits per heavy atom. The third-order valence-electron chi connectivity index (χ3n) is 7.44. The highest BCUT2D eigenvalue weighted by Gasteiger charge is 2.33. The summed E-state index contributed by atoms with van der Waals surface area (Å²) in [4.78, 5) is 29.7. The number of nitrogens with zero attached hydrogens (tertiary/aromatic N) is 4. The first-order chi connectivity index (χ1) is 19.2. The maximum atomic E-state index is 14.1. The van der Waals surface area contributed by atoms with Crippen molar-refractivity contribution in [1.29, 1.82) is 0 Å². The van der Waals surface area contributed by atoms with Crippen molar-refractivity contribution >= 4 is 22.8 Å². The van der Waals surface area contributed by atoms with Crippen LogP contribution in [0.2, 0.25) is 0 Å². The van der Waals surface area contributed by atoms with Crippen molar-refractivity contribution in [3.05, 3.63) is 83.9 Å². The van der Waals surface area contributed by atoms with Gasteiger partial charge in [-0.05, 0) is 48.2 Å². The number of hydrogen-bond acceptors (Lipinski definition) is 6. The number of carbonyl (C=O) groups is 2. The second-order valence-corrected chi connectivity index (χ2v) is 10.1. The molecule has 6 rings (SSSR count). The second-order valence-electron chi connectivity index (χ2n) is 10.1. The smallest absolute Gasteiger partial charge is 0.247 e. The van der Waals surface area contributed by atoms with Gasteiger partial charge < -0.3 is 19.7 Å². The van der Waals surface area contributed by atoms with Gasteiger partial charge in [-0.2, -0.15) is 0 Å². The standard InChI is InChI=1S/C30H31N5O4/c36-28(19-35-25-14-8-7-13-24(25)32-33-35)34(18-21-15-16-26-27(17-21)39-20-38-26)29(22-9-3-1-4-10-22)30(37)31-23-11-5-2-6-12-23/h1,3-4,7-10,13-17,23,29H,2,5-6,11-12,18-20H2,(H,31,37)/t29-/m0/s1. The normalized spacial score (nSPS) is 15.7. The second kappa shape index (κ2) is 11.1. The van der Waals surface area contributed by atoms with E-state index in [9.17, 15) is 9.59 Å². The lowest BCUT2D eigenvalue weighted by Crippen LogP contribution is -2.47. The lowest BCUT2D eigenvalue weighted by Gasteiger charge is -2.33. The van der Waals surface area contributed by atoms with E-state index in [4.69, 9.17) is 9.47 Å². The van der Waals surface area contributed by atoms with Crippen molar-refractivity contribution in [3.8, 4) is 11.5 Å². The number of carbonyl (C=O) groups excluding carboxylic acids is 2. The largest absolute Gasteiger partial charge is 0.454 e. The SMILES string of the molecule is O=C(NC1CCCCC1)[C@H](c1ccccc1)N(Cc1ccc2c(c1)OCO2)C(=O)Cn1nnc2ccccc21. The maximum Gasteiger partial charge on any atom is 0.247 e. The van der Waals surface area contributed by atoms with Crippen molar-refractivity contribution < 1.29 is 19.1 Å². The molecule has 0 unspecified atom stereocenters. The Morgan fingerprint density at radius 1 is 0.949 bits per heavy atom. The van der Waals surface area contributed by atoms with Crippen LogP contribution in [-0.4, -0.2) is 44.5 Å². The Hall–Kier alpha value is -4.40. The maximum absolute atomic E-state index is 14.1. The minimum atomic E-state index is -0.819. The van der Waals surface area contributed by atoms with Gasteiger partial charge in [0.25, 0.3) is 0 Å². The molecule has 2 aliphatic rings. The van der Waals surface area contributed by atoms with Crippen LogP contribution in [0.25, 0.3) is 11.0 Å². The molecule has 1 saturated carbocycles. The summed E-state index contributed by atoms with van der Waals surface area (Å²) in [7, 11) is 0. The summed E-state index contributed by atoms with van der Waals surface area (Å²) in [5.41, 5.74) is 3.06. The molecule has 0 radical (unpaired) electrons. The lowest BCUT2D eigenvalue weighted by molar-refractivity contribution is -0.142. The van der Waals surface area contributed by atoms with Gasteiger partial charge in [-0.25, -0.2) is 4.68 Å². The summed E-state index contributed by atoms with van der Waals surface area (Å²) in [5.74, 6) is 0.882. The minimum absolute atomic E-state index is 0.0505. The summed E-state index contributed by atoms with van der Waals surface area (Å²) in [6.45, 7) is 0.322. The van der Waals surface area contributed by atoms with Crippen molar-refractivity contribution in [3.63, 3.8) is 0 Å². The molecule has 9 nitrogen and oxygen atoms in total. The number of nitrogens with one attached hydrogen (secondary N) is 1. The van der Waals surface area contributed by atoms with Crippen LogP contribution in [0.3, 0.4) is 0 Å². The predicted octanol–water partition coefficient (Wildman–Crippen LogP) is 4.38. The minimum Gasteiger partial charge on any atom is -0.454 e. The first-order valence-corrected chi connectivity index (χ1v) is 13.5. The average molecular weight is 526 g/mol. The summed E-state index contributed by atoms with van der Waals surface area (Å²) in [5, 5.41) is 11.7.